The van der Waals surface area contributed by atoms with Gasteiger partial charge in [-0.05, 0) is 62.4 Å². The van der Waals surface area contributed by atoms with Gasteiger partial charge in [-0.25, -0.2) is 8.42 Å². The van der Waals surface area contributed by atoms with Gasteiger partial charge in [-0.3, -0.25) is 9.59 Å². The molecular formula is C25H32N2O5S. The first kappa shape index (κ1) is 24.9. The van der Waals surface area contributed by atoms with E-state index in [4.69, 9.17) is 4.74 Å². The average Bonchev–Trinajstić information content (AvgIpc) is 3.10. The maximum absolute atomic E-state index is 12.9. The molecule has 0 saturated carbocycles. The summed E-state index contributed by atoms with van der Waals surface area (Å²) in [5.41, 5.74) is 2.44. The number of rotatable bonds is 8. The van der Waals surface area contributed by atoms with Gasteiger partial charge in [0.15, 0.2) is 6.10 Å². The van der Waals surface area contributed by atoms with E-state index in [9.17, 15) is 18.0 Å². The monoisotopic (exact) mass is 472 g/mol. The Hall–Kier alpha value is -2.71. The first-order valence-electron chi connectivity index (χ1n) is 11.4. The summed E-state index contributed by atoms with van der Waals surface area (Å²) in [5.74, 6) is -0.871. The van der Waals surface area contributed by atoms with Crippen LogP contribution < -0.4 is 5.32 Å². The molecule has 3 rings (SSSR count). The molecule has 0 radical (unpaired) electrons. The number of nitrogens with one attached hydrogen (secondary N) is 1. The summed E-state index contributed by atoms with van der Waals surface area (Å²) in [6, 6.07) is 14.0. The molecule has 1 aliphatic heterocycles. The van der Waals surface area contributed by atoms with Crippen molar-refractivity contribution < 1.29 is 22.7 Å². The number of benzene rings is 2. The Labute approximate surface area is 196 Å². The van der Waals surface area contributed by atoms with Crippen molar-refractivity contribution in [3.8, 4) is 0 Å². The summed E-state index contributed by atoms with van der Waals surface area (Å²) in [5, 5.41) is 2.76. The fourth-order valence-electron chi connectivity index (χ4n) is 3.76. The Bertz CT molecular complexity index is 1060. The third kappa shape index (κ3) is 6.88. The summed E-state index contributed by atoms with van der Waals surface area (Å²) in [7, 11) is -3.49. The topological polar surface area (TPSA) is 92.8 Å². The maximum Gasteiger partial charge on any atom is 0.306 e. The number of aryl methyl sites for hydroxylation is 2. The highest BCUT2D eigenvalue weighted by Gasteiger charge is 2.25. The molecule has 33 heavy (non-hydrogen) atoms. The van der Waals surface area contributed by atoms with E-state index in [-0.39, 0.29) is 17.2 Å². The van der Waals surface area contributed by atoms with Gasteiger partial charge in [-0.1, -0.05) is 43.2 Å². The number of hydrogen-bond acceptors (Lipinski definition) is 5. The van der Waals surface area contributed by atoms with Crippen LogP contribution in [0.5, 0.6) is 0 Å². The molecular weight excluding hydrogens is 440 g/mol. The highest BCUT2D eigenvalue weighted by atomic mass is 32.2. The zero-order valence-corrected chi connectivity index (χ0v) is 20.1. The van der Waals surface area contributed by atoms with E-state index in [1.54, 1.807) is 34.6 Å². The molecule has 2 aromatic carbocycles. The van der Waals surface area contributed by atoms with Crippen molar-refractivity contribution in [2.45, 2.75) is 63.4 Å². The molecule has 8 heteroatoms. The minimum atomic E-state index is -3.49. The van der Waals surface area contributed by atoms with Crippen LogP contribution in [-0.2, 0) is 30.8 Å². The lowest BCUT2D eigenvalue weighted by Gasteiger charge is -2.20. The van der Waals surface area contributed by atoms with Crippen LogP contribution in [0.3, 0.4) is 0 Å². The lowest BCUT2D eigenvalue weighted by atomic mass is 10.1. The molecule has 0 bridgehead atoms. The summed E-state index contributed by atoms with van der Waals surface area (Å²) >= 11 is 0. The van der Waals surface area contributed by atoms with Gasteiger partial charge in [0.1, 0.15) is 0 Å². The standard InChI is InChI=1S/C25H32N2O5S/c1-19-9-5-6-10-23(19)26-25(29)20(2)32-24(28)16-13-21-11-14-22(15-12-21)33(30,31)27-17-7-3-4-8-18-27/h5-6,9-12,14-15,20H,3-4,7-8,13,16-18H2,1-2H3,(H,26,29). The molecule has 1 saturated heterocycles. The van der Waals surface area contributed by atoms with Crippen LogP contribution >= 0.6 is 0 Å². The van der Waals surface area contributed by atoms with Gasteiger partial charge in [-0.15, -0.1) is 0 Å². The second-order valence-corrected chi connectivity index (χ2v) is 10.3. The number of sulfonamides is 1. The Kier molecular flexibility index (Phi) is 8.63. The molecule has 0 aliphatic carbocycles. The third-order valence-electron chi connectivity index (χ3n) is 5.82. The summed E-state index contributed by atoms with van der Waals surface area (Å²) in [6.45, 7) is 4.54. The predicted molar refractivity (Wildman–Crippen MR) is 127 cm³/mol. The fourth-order valence-corrected chi connectivity index (χ4v) is 5.28. The first-order valence-corrected chi connectivity index (χ1v) is 12.9. The SMILES string of the molecule is Cc1ccccc1NC(=O)C(C)OC(=O)CCc1ccc(S(=O)(=O)N2CCCCCC2)cc1. The van der Waals surface area contributed by atoms with Crippen LogP contribution in [0.2, 0.25) is 0 Å². The number of para-hydroxylation sites is 1. The molecule has 1 atom stereocenters. The van der Waals surface area contributed by atoms with Crippen LogP contribution in [0, 0.1) is 6.92 Å². The van der Waals surface area contributed by atoms with Crippen molar-refractivity contribution in [1.29, 1.82) is 0 Å². The molecule has 1 amide bonds. The quantitative estimate of drug-likeness (QED) is 0.585. The second kappa shape index (κ2) is 11.4. The number of carbonyl (C=O) groups is 2. The molecule has 1 unspecified atom stereocenters. The molecule has 178 valence electrons. The van der Waals surface area contributed by atoms with Gasteiger partial charge >= 0.3 is 5.97 Å². The zero-order valence-electron chi connectivity index (χ0n) is 19.2. The molecule has 1 heterocycles. The smallest absolute Gasteiger partial charge is 0.306 e. The van der Waals surface area contributed by atoms with E-state index in [2.05, 4.69) is 5.32 Å². The fraction of sp³-hybridized carbons (Fsp3) is 0.440. The number of carbonyl (C=O) groups excluding carboxylic acids is 2. The Morgan fingerprint density at radius 1 is 1.00 bits per heavy atom. The minimum Gasteiger partial charge on any atom is -0.453 e. The van der Waals surface area contributed by atoms with Crippen LogP contribution in [-0.4, -0.2) is 43.8 Å². The summed E-state index contributed by atoms with van der Waals surface area (Å²) < 4.78 is 32.6. The highest BCUT2D eigenvalue weighted by molar-refractivity contribution is 7.89. The van der Waals surface area contributed by atoms with E-state index in [1.165, 1.54) is 6.92 Å². The highest BCUT2D eigenvalue weighted by Crippen LogP contribution is 2.21. The molecule has 1 aliphatic rings. The molecule has 1 N–H and O–H groups in total. The third-order valence-corrected chi connectivity index (χ3v) is 7.74. The summed E-state index contributed by atoms with van der Waals surface area (Å²) in [4.78, 5) is 24.8. The van der Waals surface area contributed by atoms with Crippen molar-refractivity contribution >= 4 is 27.6 Å². The van der Waals surface area contributed by atoms with Crippen molar-refractivity contribution in [3.05, 3.63) is 59.7 Å². The first-order chi connectivity index (χ1) is 15.8. The van der Waals surface area contributed by atoms with Crippen LogP contribution in [0.25, 0.3) is 0 Å². The van der Waals surface area contributed by atoms with E-state index in [0.717, 1.165) is 36.8 Å². The number of amides is 1. The second-order valence-electron chi connectivity index (χ2n) is 8.40. The van der Waals surface area contributed by atoms with Gasteiger partial charge in [0.2, 0.25) is 10.0 Å². The predicted octanol–water partition coefficient (Wildman–Crippen LogP) is 4.06. The van der Waals surface area contributed by atoms with Crippen LogP contribution in [0.15, 0.2) is 53.4 Å². The Morgan fingerprint density at radius 2 is 1.64 bits per heavy atom. The van der Waals surface area contributed by atoms with Crippen LogP contribution in [0.1, 0.15) is 50.2 Å². The van der Waals surface area contributed by atoms with E-state index in [1.807, 2.05) is 25.1 Å². The van der Waals surface area contributed by atoms with Gasteiger partial charge in [0, 0.05) is 25.2 Å². The lowest BCUT2D eigenvalue weighted by Crippen LogP contribution is -2.31. The normalized spacial score (nSPS) is 15.9. The Balaban J connectivity index is 1.50. The number of ether oxygens (including phenoxy) is 1. The zero-order chi connectivity index (χ0) is 23.8. The van der Waals surface area contributed by atoms with Crippen molar-refractivity contribution in [2.75, 3.05) is 18.4 Å². The molecule has 2 aromatic rings. The minimum absolute atomic E-state index is 0.0974. The molecule has 7 nitrogen and oxygen atoms in total. The van der Waals surface area contributed by atoms with Crippen LogP contribution in [0.4, 0.5) is 5.69 Å². The van der Waals surface area contributed by atoms with Crippen molar-refractivity contribution in [2.24, 2.45) is 0 Å². The number of esters is 1. The summed E-state index contributed by atoms with van der Waals surface area (Å²) in [6.07, 6.45) is 3.48. The van der Waals surface area contributed by atoms with Crippen molar-refractivity contribution in [3.63, 3.8) is 0 Å². The van der Waals surface area contributed by atoms with E-state index in [0.29, 0.717) is 25.2 Å². The van der Waals surface area contributed by atoms with Crippen molar-refractivity contribution in [1.82, 2.24) is 4.31 Å². The van der Waals surface area contributed by atoms with Gasteiger partial charge < -0.3 is 10.1 Å². The molecule has 0 spiro atoms. The number of anilines is 1. The van der Waals surface area contributed by atoms with Gasteiger partial charge in [0.05, 0.1) is 4.90 Å². The largest absolute Gasteiger partial charge is 0.453 e. The Morgan fingerprint density at radius 3 is 2.27 bits per heavy atom. The lowest BCUT2D eigenvalue weighted by molar-refractivity contribution is -0.153. The van der Waals surface area contributed by atoms with Gasteiger partial charge in [0.25, 0.3) is 5.91 Å². The van der Waals surface area contributed by atoms with E-state index >= 15 is 0 Å². The average molecular weight is 473 g/mol. The molecule has 0 aromatic heterocycles. The van der Waals surface area contributed by atoms with E-state index < -0.39 is 22.1 Å². The molecule has 1 fully saturated rings. The number of nitrogens with zero attached hydrogens (tertiary/aromatic N) is 1. The van der Waals surface area contributed by atoms with Gasteiger partial charge in [-0.2, -0.15) is 4.31 Å². The number of hydrogen-bond donors (Lipinski definition) is 1. The maximum atomic E-state index is 12.9.